The molecule has 0 fully saturated rings. The molecule has 0 aliphatic carbocycles. The molecule has 1 unspecified atom stereocenters. The van der Waals surface area contributed by atoms with Gasteiger partial charge in [-0.25, -0.2) is 4.79 Å². The van der Waals surface area contributed by atoms with E-state index in [1.807, 2.05) is 20.8 Å². The summed E-state index contributed by atoms with van der Waals surface area (Å²) in [7, 11) is 1.32. The molecule has 0 saturated carbocycles. The van der Waals surface area contributed by atoms with Gasteiger partial charge in [-0.1, -0.05) is 20.8 Å². The van der Waals surface area contributed by atoms with Gasteiger partial charge in [-0.2, -0.15) is 0 Å². The molecule has 0 bridgehead atoms. The van der Waals surface area contributed by atoms with Gasteiger partial charge in [0.05, 0.1) is 12.6 Å². The predicted molar refractivity (Wildman–Crippen MR) is 66.5 cm³/mol. The fourth-order valence-electron chi connectivity index (χ4n) is 1.47. The van der Waals surface area contributed by atoms with Gasteiger partial charge in [-0.3, -0.25) is 4.79 Å². The van der Waals surface area contributed by atoms with Crippen molar-refractivity contribution in [2.45, 2.75) is 46.2 Å². The molecule has 0 heterocycles. The van der Waals surface area contributed by atoms with E-state index < -0.39 is 17.6 Å². The minimum Gasteiger partial charge on any atom is -0.467 e. The first-order valence-corrected chi connectivity index (χ1v) is 5.90. The lowest BCUT2D eigenvalue weighted by atomic mass is 10.00. The molecule has 0 aromatic carbocycles. The number of hydrogen-bond donors (Lipinski definition) is 2. The second kappa shape index (κ2) is 6.59. The second-order valence-electron chi connectivity index (χ2n) is 4.87. The van der Waals surface area contributed by atoms with Crippen LogP contribution in [0, 0.1) is 5.92 Å². The molecule has 0 aromatic heterocycles. The van der Waals surface area contributed by atoms with Crippen LogP contribution in [-0.2, 0) is 14.3 Å². The van der Waals surface area contributed by atoms with E-state index in [1.54, 1.807) is 13.8 Å². The summed E-state index contributed by atoms with van der Waals surface area (Å²) in [5.74, 6) is -0.632. The third-order valence-electron chi connectivity index (χ3n) is 2.59. The quantitative estimate of drug-likeness (QED) is 0.675. The molecule has 0 radical (unpaired) electrons. The molecule has 0 aliphatic rings. The number of hydrogen-bond acceptors (Lipinski definition) is 4. The first-order valence-electron chi connectivity index (χ1n) is 5.90. The van der Waals surface area contributed by atoms with Crippen LogP contribution in [0.5, 0.6) is 0 Å². The maximum Gasteiger partial charge on any atom is 0.328 e. The van der Waals surface area contributed by atoms with Gasteiger partial charge < -0.3 is 15.4 Å². The van der Waals surface area contributed by atoms with E-state index in [0.29, 0.717) is 6.54 Å². The number of carbonyl (C=O) groups is 2. The molecular weight excluding hydrogens is 220 g/mol. The van der Waals surface area contributed by atoms with Gasteiger partial charge in [0.2, 0.25) is 5.91 Å². The van der Waals surface area contributed by atoms with Crippen molar-refractivity contribution in [1.82, 2.24) is 10.6 Å². The van der Waals surface area contributed by atoms with Crippen LogP contribution < -0.4 is 10.6 Å². The summed E-state index contributed by atoms with van der Waals surface area (Å²) in [6.45, 7) is 9.89. The van der Waals surface area contributed by atoms with Crippen LogP contribution in [0.15, 0.2) is 0 Å². The molecule has 0 saturated heterocycles. The molecular formula is C12H24N2O3. The average Bonchev–Trinajstić information content (AvgIpc) is 2.23. The Balaban J connectivity index is 4.67. The van der Waals surface area contributed by atoms with Crippen molar-refractivity contribution in [3.05, 3.63) is 0 Å². The van der Waals surface area contributed by atoms with Crippen LogP contribution in [0.1, 0.15) is 34.6 Å². The van der Waals surface area contributed by atoms with E-state index >= 15 is 0 Å². The largest absolute Gasteiger partial charge is 0.467 e. The van der Waals surface area contributed by atoms with E-state index in [9.17, 15) is 9.59 Å². The number of likely N-dealkylation sites (N-methyl/N-ethyl adjacent to an activating group) is 1. The molecule has 0 rings (SSSR count). The minimum absolute atomic E-state index is 0.0103. The first kappa shape index (κ1) is 15.9. The SMILES string of the molecule is CCNC(C)(C)C(=O)NC(C(=O)OC)C(C)C. The second-order valence-corrected chi connectivity index (χ2v) is 4.87. The monoisotopic (exact) mass is 244 g/mol. The lowest BCUT2D eigenvalue weighted by Crippen LogP contribution is -2.57. The van der Waals surface area contributed by atoms with Crippen molar-refractivity contribution in [2.75, 3.05) is 13.7 Å². The predicted octanol–water partition coefficient (Wildman–Crippen LogP) is 0.688. The van der Waals surface area contributed by atoms with Crippen LogP contribution in [0.4, 0.5) is 0 Å². The molecule has 5 nitrogen and oxygen atoms in total. The maximum absolute atomic E-state index is 12.0. The van der Waals surface area contributed by atoms with Crippen molar-refractivity contribution < 1.29 is 14.3 Å². The number of nitrogens with one attached hydrogen (secondary N) is 2. The van der Waals surface area contributed by atoms with Crippen LogP contribution in [0.2, 0.25) is 0 Å². The lowest BCUT2D eigenvalue weighted by Gasteiger charge is -2.28. The highest BCUT2D eigenvalue weighted by Crippen LogP contribution is 2.08. The molecule has 5 heteroatoms. The van der Waals surface area contributed by atoms with Crippen molar-refractivity contribution in [1.29, 1.82) is 0 Å². The molecule has 0 aliphatic heterocycles. The third kappa shape index (κ3) is 4.73. The number of rotatable bonds is 6. The Labute approximate surface area is 103 Å². The number of methoxy groups -OCH3 is 1. The number of ether oxygens (including phenoxy) is 1. The highest BCUT2D eigenvalue weighted by molar-refractivity contribution is 5.90. The van der Waals surface area contributed by atoms with E-state index in [4.69, 9.17) is 0 Å². The summed E-state index contributed by atoms with van der Waals surface area (Å²) >= 11 is 0. The zero-order chi connectivity index (χ0) is 13.6. The highest BCUT2D eigenvalue weighted by Gasteiger charge is 2.32. The number of amides is 1. The van der Waals surface area contributed by atoms with Gasteiger partial charge in [0.15, 0.2) is 0 Å². The Bertz CT molecular complexity index is 275. The molecule has 17 heavy (non-hydrogen) atoms. The van der Waals surface area contributed by atoms with E-state index in [0.717, 1.165) is 0 Å². The molecule has 1 atom stereocenters. The summed E-state index contributed by atoms with van der Waals surface area (Å²) < 4.78 is 4.67. The van der Waals surface area contributed by atoms with E-state index in [-0.39, 0.29) is 11.8 Å². The number of carbonyl (C=O) groups excluding carboxylic acids is 2. The van der Waals surface area contributed by atoms with Crippen LogP contribution in [-0.4, -0.2) is 37.1 Å². The van der Waals surface area contributed by atoms with Gasteiger partial charge in [-0.05, 0) is 26.3 Å². The normalized spacial score (nSPS) is 13.4. The third-order valence-corrected chi connectivity index (χ3v) is 2.59. The van der Waals surface area contributed by atoms with Gasteiger partial charge in [0.1, 0.15) is 6.04 Å². The molecule has 2 N–H and O–H groups in total. The van der Waals surface area contributed by atoms with Crippen molar-refractivity contribution in [3.63, 3.8) is 0 Å². The maximum atomic E-state index is 12.0. The van der Waals surface area contributed by atoms with Gasteiger partial charge in [0, 0.05) is 0 Å². The minimum atomic E-state index is -0.699. The zero-order valence-electron chi connectivity index (χ0n) is 11.6. The van der Waals surface area contributed by atoms with Crippen LogP contribution >= 0.6 is 0 Å². The van der Waals surface area contributed by atoms with Crippen molar-refractivity contribution in [3.8, 4) is 0 Å². The van der Waals surface area contributed by atoms with Gasteiger partial charge in [-0.15, -0.1) is 0 Å². The Morgan fingerprint density at radius 2 is 1.82 bits per heavy atom. The average molecular weight is 244 g/mol. The zero-order valence-corrected chi connectivity index (χ0v) is 11.6. The van der Waals surface area contributed by atoms with Crippen LogP contribution in [0.25, 0.3) is 0 Å². The lowest BCUT2D eigenvalue weighted by molar-refractivity contribution is -0.147. The van der Waals surface area contributed by atoms with E-state index in [1.165, 1.54) is 7.11 Å². The Hall–Kier alpha value is -1.10. The summed E-state index contributed by atoms with van der Waals surface area (Å²) in [5, 5.41) is 5.77. The fraction of sp³-hybridized carbons (Fsp3) is 0.833. The molecule has 100 valence electrons. The summed E-state index contributed by atoms with van der Waals surface area (Å²) in [6.07, 6.45) is 0. The summed E-state index contributed by atoms with van der Waals surface area (Å²) in [4.78, 5) is 23.5. The van der Waals surface area contributed by atoms with Gasteiger partial charge >= 0.3 is 5.97 Å². The topological polar surface area (TPSA) is 67.4 Å². The van der Waals surface area contributed by atoms with Crippen LogP contribution in [0.3, 0.4) is 0 Å². The van der Waals surface area contributed by atoms with E-state index in [2.05, 4.69) is 15.4 Å². The van der Waals surface area contributed by atoms with Crippen molar-refractivity contribution >= 4 is 11.9 Å². The van der Waals surface area contributed by atoms with Crippen molar-refractivity contribution in [2.24, 2.45) is 5.92 Å². The van der Waals surface area contributed by atoms with Gasteiger partial charge in [0.25, 0.3) is 0 Å². The standard InChI is InChI=1S/C12H24N2O3/c1-7-13-12(4,5)11(16)14-9(8(2)3)10(15)17-6/h8-9,13H,7H2,1-6H3,(H,14,16). The Morgan fingerprint density at radius 1 is 1.29 bits per heavy atom. The molecule has 0 aromatic rings. The molecule has 1 amide bonds. The summed E-state index contributed by atoms with van der Waals surface area (Å²) in [6, 6.07) is -0.606. The highest BCUT2D eigenvalue weighted by atomic mass is 16.5. The Kier molecular flexibility index (Phi) is 6.16. The Morgan fingerprint density at radius 3 is 2.18 bits per heavy atom. The summed E-state index contributed by atoms with van der Waals surface area (Å²) in [5.41, 5.74) is -0.699. The smallest absolute Gasteiger partial charge is 0.328 e. The molecule has 0 spiro atoms. The number of esters is 1. The first-order chi connectivity index (χ1) is 7.76. The fourth-order valence-corrected chi connectivity index (χ4v) is 1.47.